The maximum atomic E-state index is 9.27. The zero-order chi connectivity index (χ0) is 9.47. The first-order valence-corrected chi connectivity index (χ1v) is 4.52. The minimum atomic E-state index is -0.732. The summed E-state index contributed by atoms with van der Waals surface area (Å²) in [5, 5.41) is 13.0. The van der Waals surface area contributed by atoms with E-state index < -0.39 is 5.54 Å². The highest BCUT2D eigenvalue weighted by Gasteiger charge is 2.41. The number of aliphatic hydroxyl groups excluding tert-OH is 1. The van der Waals surface area contributed by atoms with Gasteiger partial charge in [-0.15, -0.1) is 0 Å². The number of fused-ring (bicyclic) bond motifs is 1. The van der Waals surface area contributed by atoms with Crippen molar-refractivity contribution < 1.29 is 9.63 Å². The molecule has 0 aliphatic heterocycles. The quantitative estimate of drug-likeness (QED) is 0.659. The molecule has 0 fully saturated rings. The smallest absolute Gasteiger partial charge is 0.162 e. The molecule has 0 radical (unpaired) electrons. The molecule has 2 unspecified atom stereocenters. The average molecular weight is 182 g/mol. The Morgan fingerprint density at radius 1 is 1.85 bits per heavy atom. The SMILES string of the molecule is CC1CCc2cnoc2C1(N)CO. The number of aryl methyl sites for hydroxylation is 1. The Morgan fingerprint density at radius 2 is 2.62 bits per heavy atom. The Hall–Kier alpha value is -0.870. The monoisotopic (exact) mass is 182 g/mol. The molecular weight excluding hydrogens is 168 g/mol. The fourth-order valence-electron chi connectivity index (χ4n) is 1.90. The molecule has 0 saturated heterocycles. The molecule has 3 N–H and O–H groups in total. The van der Waals surface area contributed by atoms with E-state index in [0.29, 0.717) is 5.76 Å². The largest absolute Gasteiger partial charge is 0.394 e. The first-order valence-electron chi connectivity index (χ1n) is 4.52. The van der Waals surface area contributed by atoms with Crippen LogP contribution >= 0.6 is 0 Å². The molecule has 0 aromatic carbocycles. The zero-order valence-electron chi connectivity index (χ0n) is 7.66. The van der Waals surface area contributed by atoms with Crippen molar-refractivity contribution in [3.63, 3.8) is 0 Å². The van der Waals surface area contributed by atoms with Crippen molar-refractivity contribution in [3.8, 4) is 0 Å². The molecule has 2 atom stereocenters. The van der Waals surface area contributed by atoms with E-state index >= 15 is 0 Å². The van der Waals surface area contributed by atoms with Crippen LogP contribution in [0.1, 0.15) is 24.7 Å². The van der Waals surface area contributed by atoms with Crippen LogP contribution in [-0.4, -0.2) is 16.9 Å². The second-order valence-corrected chi connectivity index (χ2v) is 3.82. The van der Waals surface area contributed by atoms with Gasteiger partial charge in [0, 0.05) is 5.56 Å². The molecule has 1 aliphatic rings. The van der Waals surface area contributed by atoms with Crippen LogP contribution in [0.5, 0.6) is 0 Å². The van der Waals surface area contributed by atoms with Gasteiger partial charge in [-0.1, -0.05) is 12.1 Å². The first kappa shape index (κ1) is 8.72. The van der Waals surface area contributed by atoms with Crippen molar-refractivity contribution in [3.05, 3.63) is 17.5 Å². The van der Waals surface area contributed by atoms with Crippen molar-refractivity contribution in [2.75, 3.05) is 6.61 Å². The van der Waals surface area contributed by atoms with Gasteiger partial charge in [-0.3, -0.25) is 0 Å². The normalized spacial score (nSPS) is 33.0. The lowest BCUT2D eigenvalue weighted by Crippen LogP contribution is -2.48. The van der Waals surface area contributed by atoms with Crippen LogP contribution in [0.15, 0.2) is 10.7 Å². The minimum Gasteiger partial charge on any atom is -0.394 e. The van der Waals surface area contributed by atoms with Gasteiger partial charge in [0.15, 0.2) is 5.76 Å². The molecule has 13 heavy (non-hydrogen) atoms. The predicted molar refractivity (Wildman–Crippen MR) is 46.9 cm³/mol. The Bertz CT molecular complexity index is 310. The molecule has 2 rings (SSSR count). The lowest BCUT2D eigenvalue weighted by molar-refractivity contribution is 0.103. The number of nitrogens with zero attached hydrogens (tertiary/aromatic N) is 1. The zero-order valence-corrected chi connectivity index (χ0v) is 7.66. The van der Waals surface area contributed by atoms with E-state index in [1.54, 1.807) is 6.20 Å². The fraction of sp³-hybridized carbons (Fsp3) is 0.667. The van der Waals surface area contributed by atoms with Crippen molar-refractivity contribution in [1.29, 1.82) is 0 Å². The van der Waals surface area contributed by atoms with E-state index in [4.69, 9.17) is 10.3 Å². The van der Waals surface area contributed by atoms with Crippen molar-refractivity contribution in [2.24, 2.45) is 11.7 Å². The summed E-state index contributed by atoms with van der Waals surface area (Å²) in [6.45, 7) is 1.94. The molecule has 0 saturated carbocycles. The van der Waals surface area contributed by atoms with Gasteiger partial charge < -0.3 is 15.4 Å². The average Bonchev–Trinajstić information content (AvgIpc) is 2.60. The Kier molecular flexibility index (Phi) is 1.89. The third kappa shape index (κ3) is 1.09. The molecule has 72 valence electrons. The Labute approximate surface area is 76.7 Å². The molecule has 4 heteroatoms. The van der Waals surface area contributed by atoms with E-state index in [-0.39, 0.29) is 12.5 Å². The molecule has 4 nitrogen and oxygen atoms in total. The lowest BCUT2D eigenvalue weighted by atomic mass is 9.75. The number of aromatic nitrogens is 1. The number of aliphatic hydroxyl groups is 1. The van der Waals surface area contributed by atoms with Gasteiger partial charge in [0.25, 0.3) is 0 Å². The predicted octanol–water partition coefficient (Wildman–Crippen LogP) is 0.403. The van der Waals surface area contributed by atoms with Gasteiger partial charge in [-0.2, -0.15) is 0 Å². The standard InChI is InChI=1S/C9H14N2O2/c1-6-2-3-7-4-11-13-8(7)9(6,10)5-12/h4,6,12H,2-3,5,10H2,1H3. The van der Waals surface area contributed by atoms with Gasteiger partial charge in [0.05, 0.1) is 12.8 Å². The maximum absolute atomic E-state index is 9.27. The van der Waals surface area contributed by atoms with Gasteiger partial charge >= 0.3 is 0 Å². The van der Waals surface area contributed by atoms with Crippen LogP contribution in [0.4, 0.5) is 0 Å². The van der Waals surface area contributed by atoms with E-state index in [2.05, 4.69) is 5.16 Å². The number of nitrogens with two attached hydrogens (primary N) is 1. The third-order valence-corrected chi connectivity index (χ3v) is 3.05. The second-order valence-electron chi connectivity index (χ2n) is 3.82. The molecule has 0 amide bonds. The van der Waals surface area contributed by atoms with E-state index in [9.17, 15) is 5.11 Å². The second kappa shape index (κ2) is 2.82. The molecular formula is C9H14N2O2. The summed E-state index contributed by atoms with van der Waals surface area (Å²) in [5.41, 5.74) is 6.38. The molecule has 1 aromatic rings. The van der Waals surface area contributed by atoms with Gasteiger partial charge in [0.1, 0.15) is 5.54 Å². The number of hydrogen-bond acceptors (Lipinski definition) is 4. The molecule has 1 aromatic heterocycles. The maximum Gasteiger partial charge on any atom is 0.162 e. The highest BCUT2D eigenvalue weighted by atomic mass is 16.5. The van der Waals surface area contributed by atoms with E-state index in [1.165, 1.54) is 0 Å². The molecule has 1 aliphatic carbocycles. The third-order valence-electron chi connectivity index (χ3n) is 3.05. The molecule has 0 spiro atoms. The fourth-order valence-corrected chi connectivity index (χ4v) is 1.90. The van der Waals surface area contributed by atoms with Crippen LogP contribution in [-0.2, 0) is 12.0 Å². The van der Waals surface area contributed by atoms with Crippen LogP contribution in [0.25, 0.3) is 0 Å². The highest BCUT2D eigenvalue weighted by molar-refractivity contribution is 5.26. The first-order chi connectivity index (χ1) is 6.18. The van der Waals surface area contributed by atoms with Crippen LogP contribution < -0.4 is 5.73 Å². The summed E-state index contributed by atoms with van der Waals surface area (Å²) < 4.78 is 5.10. The minimum absolute atomic E-state index is 0.0869. The molecule has 0 bridgehead atoms. The van der Waals surface area contributed by atoms with Gasteiger partial charge in [-0.25, -0.2) is 0 Å². The molecule has 1 heterocycles. The van der Waals surface area contributed by atoms with Crippen LogP contribution in [0.2, 0.25) is 0 Å². The van der Waals surface area contributed by atoms with Crippen LogP contribution in [0, 0.1) is 5.92 Å². The summed E-state index contributed by atoms with van der Waals surface area (Å²) >= 11 is 0. The van der Waals surface area contributed by atoms with Crippen LogP contribution in [0.3, 0.4) is 0 Å². The number of hydrogen-bond donors (Lipinski definition) is 2. The van der Waals surface area contributed by atoms with Gasteiger partial charge in [-0.05, 0) is 18.8 Å². The van der Waals surface area contributed by atoms with Crippen molar-refractivity contribution in [1.82, 2.24) is 5.16 Å². The summed E-state index contributed by atoms with van der Waals surface area (Å²) in [5.74, 6) is 0.895. The lowest BCUT2D eigenvalue weighted by Gasteiger charge is -2.35. The van der Waals surface area contributed by atoms with Crippen molar-refractivity contribution >= 4 is 0 Å². The summed E-state index contributed by atoms with van der Waals surface area (Å²) in [7, 11) is 0. The van der Waals surface area contributed by atoms with E-state index in [0.717, 1.165) is 18.4 Å². The summed E-state index contributed by atoms with van der Waals surface area (Å²) in [6.07, 6.45) is 3.61. The summed E-state index contributed by atoms with van der Waals surface area (Å²) in [4.78, 5) is 0. The van der Waals surface area contributed by atoms with Gasteiger partial charge in [0.2, 0.25) is 0 Å². The van der Waals surface area contributed by atoms with Crippen molar-refractivity contribution in [2.45, 2.75) is 25.3 Å². The number of rotatable bonds is 1. The summed E-state index contributed by atoms with van der Waals surface area (Å²) in [6, 6.07) is 0. The topological polar surface area (TPSA) is 72.3 Å². The van der Waals surface area contributed by atoms with E-state index in [1.807, 2.05) is 6.92 Å². The Morgan fingerprint density at radius 3 is 3.31 bits per heavy atom. The highest BCUT2D eigenvalue weighted by Crippen LogP contribution is 2.37. The Balaban J connectivity index is 2.47.